The van der Waals surface area contributed by atoms with Crippen molar-refractivity contribution in [2.24, 2.45) is 0 Å². The van der Waals surface area contributed by atoms with Gasteiger partial charge in [-0.05, 0) is 40.5 Å². The van der Waals surface area contributed by atoms with Crippen LogP contribution in [0.5, 0.6) is 5.75 Å². The second-order valence-electron chi connectivity index (χ2n) is 4.19. The normalized spacial score (nSPS) is 11.2. The van der Waals surface area contributed by atoms with Crippen molar-refractivity contribution in [3.05, 3.63) is 34.7 Å². The first-order valence-electron chi connectivity index (χ1n) is 5.78. The Labute approximate surface area is 130 Å². The Kier molecular flexibility index (Phi) is 4.33. The number of benzene rings is 1. The topological polar surface area (TPSA) is 107 Å². The van der Waals surface area contributed by atoms with Crippen LogP contribution in [0, 0.1) is 6.92 Å². The minimum atomic E-state index is -3.88. The Morgan fingerprint density at radius 3 is 2.57 bits per heavy atom. The largest absolute Gasteiger partial charge is 0.495 e. The lowest BCUT2D eigenvalue weighted by molar-refractivity contribution is 0.402. The Morgan fingerprint density at radius 1 is 1.29 bits per heavy atom. The number of nitrogens with one attached hydrogen (secondary N) is 1. The molecule has 1 aromatic carbocycles. The van der Waals surface area contributed by atoms with E-state index in [0.29, 0.717) is 10.3 Å². The smallest absolute Gasteiger partial charge is 0.266 e. The van der Waals surface area contributed by atoms with Gasteiger partial charge < -0.3 is 10.5 Å². The number of rotatable bonds is 4. The molecule has 3 N–H and O–H groups in total. The van der Waals surface area contributed by atoms with E-state index in [4.69, 9.17) is 10.5 Å². The number of anilines is 2. The molecule has 0 aliphatic heterocycles. The van der Waals surface area contributed by atoms with Gasteiger partial charge in [0.05, 0.1) is 19.5 Å². The molecule has 0 saturated heterocycles. The van der Waals surface area contributed by atoms with Crippen molar-refractivity contribution in [2.45, 2.75) is 11.8 Å². The molecule has 0 amide bonds. The Morgan fingerprint density at radius 2 is 2.00 bits per heavy atom. The summed E-state index contributed by atoms with van der Waals surface area (Å²) in [4.78, 5) is 7.76. The van der Waals surface area contributed by atoms with E-state index in [9.17, 15) is 8.42 Å². The van der Waals surface area contributed by atoms with Crippen molar-refractivity contribution in [3.63, 3.8) is 0 Å². The highest BCUT2D eigenvalue weighted by atomic mass is 79.9. The first-order valence-corrected chi connectivity index (χ1v) is 8.05. The molecule has 1 heterocycles. The summed E-state index contributed by atoms with van der Waals surface area (Å²) in [5.74, 6) is 0.304. The minimum Gasteiger partial charge on any atom is -0.495 e. The Bertz CT molecular complexity index is 763. The van der Waals surface area contributed by atoms with Crippen molar-refractivity contribution < 1.29 is 13.2 Å². The van der Waals surface area contributed by atoms with Gasteiger partial charge in [-0.25, -0.2) is 18.4 Å². The van der Waals surface area contributed by atoms with Gasteiger partial charge in [0, 0.05) is 5.69 Å². The summed E-state index contributed by atoms with van der Waals surface area (Å²) >= 11 is 3.12. The first kappa shape index (κ1) is 15.5. The monoisotopic (exact) mass is 372 g/mol. The van der Waals surface area contributed by atoms with Crippen LogP contribution in [-0.2, 0) is 10.0 Å². The number of ether oxygens (including phenoxy) is 1. The van der Waals surface area contributed by atoms with Crippen LogP contribution in [0.25, 0.3) is 0 Å². The number of halogens is 1. The van der Waals surface area contributed by atoms with Crippen LogP contribution in [-0.4, -0.2) is 25.5 Å². The van der Waals surface area contributed by atoms with Gasteiger partial charge in [0.1, 0.15) is 15.2 Å². The predicted octanol–water partition coefficient (Wildman–Crippen LogP) is 1.94. The van der Waals surface area contributed by atoms with Gasteiger partial charge in [-0.2, -0.15) is 0 Å². The van der Waals surface area contributed by atoms with E-state index in [1.807, 2.05) is 0 Å². The SMILES string of the molecule is COc1cc(C)c(N)cc1S(=O)(=O)Nc1cnc(Br)cn1. The second kappa shape index (κ2) is 5.86. The molecule has 112 valence electrons. The fourth-order valence-electron chi connectivity index (χ4n) is 1.60. The third kappa shape index (κ3) is 3.42. The molecule has 1 aromatic heterocycles. The van der Waals surface area contributed by atoms with E-state index >= 15 is 0 Å². The van der Waals surface area contributed by atoms with Crippen LogP contribution in [0.4, 0.5) is 11.5 Å². The summed E-state index contributed by atoms with van der Waals surface area (Å²) in [5, 5.41) is 0. The summed E-state index contributed by atoms with van der Waals surface area (Å²) in [6.45, 7) is 1.77. The molecule has 0 unspecified atom stereocenters. The van der Waals surface area contributed by atoms with E-state index in [1.165, 1.54) is 25.6 Å². The summed E-state index contributed by atoms with van der Waals surface area (Å²) in [6, 6.07) is 2.92. The highest BCUT2D eigenvalue weighted by molar-refractivity contribution is 9.10. The first-order chi connectivity index (χ1) is 9.83. The molecular weight excluding hydrogens is 360 g/mol. The third-order valence-corrected chi connectivity index (χ3v) is 4.49. The molecule has 0 saturated carbocycles. The van der Waals surface area contributed by atoms with Gasteiger partial charge in [0.25, 0.3) is 10.0 Å². The lowest BCUT2D eigenvalue weighted by atomic mass is 10.2. The standard InChI is InChI=1S/C12H13BrN4O3S/c1-7-3-9(20-2)10(4-8(7)14)21(18,19)17-12-6-15-11(13)5-16-12/h3-6H,14H2,1-2H3,(H,16,17). The van der Waals surface area contributed by atoms with Gasteiger partial charge in [-0.15, -0.1) is 0 Å². The number of hydrogen-bond acceptors (Lipinski definition) is 6. The average Bonchev–Trinajstić information content (AvgIpc) is 2.43. The molecule has 0 bridgehead atoms. The molecule has 21 heavy (non-hydrogen) atoms. The maximum atomic E-state index is 12.4. The van der Waals surface area contributed by atoms with E-state index < -0.39 is 10.0 Å². The number of hydrogen-bond donors (Lipinski definition) is 2. The fourth-order valence-corrected chi connectivity index (χ4v) is 2.99. The average molecular weight is 373 g/mol. The highest BCUT2D eigenvalue weighted by Gasteiger charge is 2.21. The van der Waals surface area contributed by atoms with Crippen molar-refractivity contribution >= 4 is 37.5 Å². The van der Waals surface area contributed by atoms with Crippen LogP contribution in [0.1, 0.15) is 5.56 Å². The maximum absolute atomic E-state index is 12.4. The summed E-state index contributed by atoms with van der Waals surface area (Å²) < 4.78 is 32.7. The fraction of sp³-hybridized carbons (Fsp3) is 0.167. The quantitative estimate of drug-likeness (QED) is 0.794. The molecular formula is C12H13BrN4O3S. The lowest BCUT2D eigenvalue weighted by Crippen LogP contribution is -2.15. The van der Waals surface area contributed by atoms with Crippen LogP contribution in [0.2, 0.25) is 0 Å². The van der Waals surface area contributed by atoms with E-state index in [1.54, 1.807) is 13.0 Å². The number of nitrogens with two attached hydrogens (primary N) is 1. The lowest BCUT2D eigenvalue weighted by Gasteiger charge is -2.13. The maximum Gasteiger partial charge on any atom is 0.266 e. The van der Waals surface area contributed by atoms with Gasteiger partial charge >= 0.3 is 0 Å². The molecule has 9 heteroatoms. The molecule has 0 atom stereocenters. The number of sulfonamides is 1. The van der Waals surface area contributed by atoms with Gasteiger partial charge in [0.2, 0.25) is 0 Å². The minimum absolute atomic E-state index is 0.0576. The molecule has 0 radical (unpaired) electrons. The zero-order valence-corrected chi connectivity index (χ0v) is 13.7. The zero-order chi connectivity index (χ0) is 15.6. The van der Waals surface area contributed by atoms with Crippen LogP contribution >= 0.6 is 15.9 Å². The highest BCUT2D eigenvalue weighted by Crippen LogP contribution is 2.29. The Balaban J connectivity index is 2.44. The number of methoxy groups -OCH3 is 1. The molecule has 2 aromatic rings. The molecule has 0 aliphatic carbocycles. The van der Waals surface area contributed by atoms with E-state index in [2.05, 4.69) is 30.6 Å². The third-order valence-electron chi connectivity index (χ3n) is 2.70. The number of nitrogens with zero attached hydrogens (tertiary/aromatic N) is 2. The Hall–Kier alpha value is -1.87. The second-order valence-corrected chi connectivity index (χ2v) is 6.65. The van der Waals surface area contributed by atoms with Gasteiger partial charge in [-0.3, -0.25) is 4.72 Å². The van der Waals surface area contributed by atoms with E-state index in [-0.39, 0.29) is 16.5 Å². The molecule has 2 rings (SSSR count). The van der Waals surface area contributed by atoms with Crippen molar-refractivity contribution in [1.29, 1.82) is 0 Å². The van der Waals surface area contributed by atoms with Crippen LogP contribution in [0.15, 0.2) is 34.0 Å². The van der Waals surface area contributed by atoms with Gasteiger partial charge in [0.15, 0.2) is 5.82 Å². The number of aryl methyl sites for hydroxylation is 1. The summed E-state index contributed by atoms with van der Waals surface area (Å²) in [7, 11) is -2.49. The summed E-state index contributed by atoms with van der Waals surface area (Å²) in [5.41, 5.74) is 6.86. The number of nitrogen functional groups attached to an aromatic ring is 1. The van der Waals surface area contributed by atoms with Crippen molar-refractivity contribution in [2.75, 3.05) is 17.6 Å². The molecule has 7 nitrogen and oxygen atoms in total. The summed E-state index contributed by atoms with van der Waals surface area (Å²) in [6.07, 6.45) is 2.68. The van der Waals surface area contributed by atoms with Crippen LogP contribution < -0.4 is 15.2 Å². The van der Waals surface area contributed by atoms with Crippen LogP contribution in [0.3, 0.4) is 0 Å². The van der Waals surface area contributed by atoms with Crippen molar-refractivity contribution in [1.82, 2.24) is 9.97 Å². The van der Waals surface area contributed by atoms with Gasteiger partial charge in [-0.1, -0.05) is 0 Å². The molecule has 0 spiro atoms. The molecule has 0 fully saturated rings. The number of aromatic nitrogens is 2. The predicted molar refractivity (Wildman–Crippen MR) is 82.7 cm³/mol. The van der Waals surface area contributed by atoms with E-state index in [0.717, 1.165) is 5.56 Å². The van der Waals surface area contributed by atoms with Crippen molar-refractivity contribution in [3.8, 4) is 5.75 Å². The zero-order valence-electron chi connectivity index (χ0n) is 11.3. The molecule has 0 aliphatic rings.